The number of pyridine rings is 2. The minimum Gasteiger partial charge on any atom is -0.655 e. The minimum absolute atomic E-state index is 0. The first-order valence-corrected chi connectivity index (χ1v) is 14.8. The van der Waals surface area contributed by atoms with Crippen molar-refractivity contribution in [3.8, 4) is 28.4 Å². The molecule has 6 nitrogen and oxygen atoms in total. The third-order valence-corrected chi connectivity index (χ3v) is 8.50. The van der Waals surface area contributed by atoms with Crippen LogP contribution in [0, 0.1) is 6.07 Å². The van der Waals surface area contributed by atoms with Gasteiger partial charge in [-0.2, -0.15) is 0 Å². The topological polar surface area (TPSA) is 70.8 Å². The van der Waals surface area contributed by atoms with Crippen LogP contribution in [0.3, 0.4) is 0 Å². The second kappa shape index (κ2) is 10.5. The summed E-state index contributed by atoms with van der Waals surface area (Å²) in [5.41, 5.74) is 10.1. The van der Waals surface area contributed by atoms with Gasteiger partial charge in [-0.15, -0.1) is 34.8 Å². The SMILES string of the molecule is CC(C)c1ccnc(-n2c3[c-]c(-c4cccc5oc(-c6cccc7c6[n-]c6cccnc67)nc45)ccc3c3ccccc32)c1.[Pt+2]. The fourth-order valence-corrected chi connectivity index (χ4v) is 6.33. The summed E-state index contributed by atoms with van der Waals surface area (Å²) in [6.07, 6.45) is 3.69. The summed E-state index contributed by atoms with van der Waals surface area (Å²) < 4.78 is 8.60. The molecular weight excluding hydrogens is 738 g/mol. The van der Waals surface area contributed by atoms with E-state index >= 15 is 0 Å². The van der Waals surface area contributed by atoms with Crippen molar-refractivity contribution >= 4 is 54.8 Å². The molecule has 5 heterocycles. The Morgan fingerprint density at radius 2 is 1.60 bits per heavy atom. The molecule has 7 heteroatoms. The van der Waals surface area contributed by atoms with Crippen molar-refractivity contribution in [2.75, 3.05) is 0 Å². The van der Waals surface area contributed by atoms with E-state index in [0.29, 0.717) is 17.4 Å². The normalized spacial score (nSPS) is 11.8. The van der Waals surface area contributed by atoms with Crippen molar-refractivity contribution < 1.29 is 25.5 Å². The van der Waals surface area contributed by atoms with E-state index in [1.807, 2.05) is 48.7 Å². The number of fused-ring (bicyclic) bond motifs is 7. The molecule has 0 bridgehead atoms. The molecule has 0 unspecified atom stereocenters. The molecule has 9 rings (SSSR count). The monoisotopic (exact) mass is 762 g/mol. The Hall–Kier alpha value is -5.06. The van der Waals surface area contributed by atoms with Gasteiger partial charge in [0, 0.05) is 23.5 Å². The van der Waals surface area contributed by atoms with Crippen molar-refractivity contribution in [1.82, 2.24) is 24.5 Å². The first kappa shape index (κ1) is 27.5. The predicted octanol–water partition coefficient (Wildman–Crippen LogP) is 9.23. The average Bonchev–Trinajstić information content (AvgIpc) is 3.76. The van der Waals surface area contributed by atoms with Crippen LogP contribution in [-0.2, 0) is 21.1 Å². The quantitative estimate of drug-likeness (QED) is 0.167. The van der Waals surface area contributed by atoms with Gasteiger partial charge in [-0.25, -0.2) is 9.97 Å². The summed E-state index contributed by atoms with van der Waals surface area (Å²) in [7, 11) is 0. The van der Waals surface area contributed by atoms with Gasteiger partial charge in [0.25, 0.3) is 0 Å². The third-order valence-electron chi connectivity index (χ3n) is 8.50. The summed E-state index contributed by atoms with van der Waals surface area (Å²) in [6.45, 7) is 4.41. The molecule has 0 saturated heterocycles. The van der Waals surface area contributed by atoms with Crippen LogP contribution in [0.25, 0.3) is 83.2 Å². The maximum Gasteiger partial charge on any atom is 2.00 e. The zero-order valence-electron chi connectivity index (χ0n) is 24.4. The molecule has 0 spiro atoms. The van der Waals surface area contributed by atoms with Gasteiger partial charge in [-0.1, -0.05) is 79.4 Å². The van der Waals surface area contributed by atoms with E-state index in [1.54, 1.807) is 6.20 Å². The first-order chi connectivity index (χ1) is 21.6. The molecule has 0 fully saturated rings. The van der Waals surface area contributed by atoms with Crippen molar-refractivity contribution in [2.45, 2.75) is 19.8 Å². The molecule has 218 valence electrons. The number of aromatic nitrogens is 5. The van der Waals surface area contributed by atoms with Crippen LogP contribution in [0.1, 0.15) is 25.3 Å². The summed E-state index contributed by atoms with van der Waals surface area (Å²) in [6, 6.07) is 36.8. The number of nitrogens with zero attached hydrogens (tertiary/aromatic N) is 5. The molecule has 5 aromatic heterocycles. The molecule has 0 amide bonds. The van der Waals surface area contributed by atoms with Gasteiger partial charge < -0.3 is 14.0 Å². The van der Waals surface area contributed by atoms with Crippen molar-refractivity contribution in [2.24, 2.45) is 0 Å². The molecule has 0 saturated carbocycles. The summed E-state index contributed by atoms with van der Waals surface area (Å²) in [5, 5.41) is 3.28. The van der Waals surface area contributed by atoms with E-state index in [0.717, 1.165) is 66.4 Å². The number of hydrogen-bond donors (Lipinski definition) is 0. The Morgan fingerprint density at radius 1 is 0.756 bits per heavy atom. The van der Waals surface area contributed by atoms with Crippen molar-refractivity contribution in [3.63, 3.8) is 0 Å². The molecular formula is C38H25N5OPt. The summed E-state index contributed by atoms with van der Waals surface area (Å²) >= 11 is 0. The molecule has 45 heavy (non-hydrogen) atoms. The van der Waals surface area contributed by atoms with Crippen LogP contribution >= 0.6 is 0 Å². The second-order valence-corrected chi connectivity index (χ2v) is 11.4. The Labute approximate surface area is 273 Å². The summed E-state index contributed by atoms with van der Waals surface area (Å²) in [5.74, 6) is 1.81. The molecule has 0 radical (unpaired) electrons. The molecule has 0 atom stereocenters. The molecule has 0 N–H and O–H groups in total. The maximum absolute atomic E-state index is 6.38. The Bertz CT molecular complexity index is 2560. The van der Waals surface area contributed by atoms with Crippen LogP contribution in [0.4, 0.5) is 0 Å². The van der Waals surface area contributed by atoms with Gasteiger partial charge in [0.1, 0.15) is 11.4 Å². The van der Waals surface area contributed by atoms with Crippen LogP contribution < -0.4 is 4.98 Å². The van der Waals surface area contributed by atoms with Crippen LogP contribution in [0.5, 0.6) is 0 Å². The van der Waals surface area contributed by atoms with E-state index < -0.39 is 0 Å². The zero-order chi connectivity index (χ0) is 29.4. The van der Waals surface area contributed by atoms with Gasteiger partial charge >= 0.3 is 21.1 Å². The molecule has 0 aliphatic rings. The number of rotatable bonds is 4. The molecule has 9 aromatic rings. The van der Waals surface area contributed by atoms with E-state index in [4.69, 9.17) is 19.4 Å². The van der Waals surface area contributed by atoms with Gasteiger partial charge in [0.05, 0.1) is 11.0 Å². The fraction of sp³-hybridized carbons (Fsp3) is 0.0789. The Balaban J connectivity index is 0.00000300. The Kier molecular flexibility index (Phi) is 6.43. The van der Waals surface area contributed by atoms with E-state index in [-0.39, 0.29) is 21.1 Å². The Morgan fingerprint density at radius 3 is 2.51 bits per heavy atom. The van der Waals surface area contributed by atoms with Crippen molar-refractivity contribution in [1.29, 1.82) is 0 Å². The van der Waals surface area contributed by atoms with Gasteiger partial charge in [0.2, 0.25) is 5.89 Å². The number of oxazole rings is 1. The minimum atomic E-state index is 0. The number of hydrogen-bond acceptors (Lipinski definition) is 4. The van der Waals surface area contributed by atoms with Crippen molar-refractivity contribution in [3.05, 3.63) is 121 Å². The first-order valence-electron chi connectivity index (χ1n) is 14.8. The smallest absolute Gasteiger partial charge is 0.655 e. The largest absolute Gasteiger partial charge is 2.00 e. The third kappa shape index (κ3) is 4.24. The van der Waals surface area contributed by atoms with Gasteiger partial charge in [-0.05, 0) is 58.1 Å². The molecule has 0 aliphatic heterocycles. The summed E-state index contributed by atoms with van der Waals surface area (Å²) in [4.78, 5) is 19.3. The van der Waals surface area contributed by atoms with Crippen LogP contribution in [0.15, 0.2) is 114 Å². The zero-order valence-corrected chi connectivity index (χ0v) is 26.7. The standard InChI is InChI=1S/C38H25N5O.Pt/c1-22(2)23-17-19-39-34(21-23)43-31-13-4-3-8-26(31)27-16-15-24(20-32(27)43)25-9-6-14-33-37(25)42-38(44-33)29-11-5-10-28-35(29)41-30-12-7-18-40-36(28)30;/h3-19,21-22H,1-2H3;/q-2;+2. The van der Waals surface area contributed by atoms with E-state index in [2.05, 4.69) is 84.1 Å². The maximum atomic E-state index is 6.38. The van der Waals surface area contributed by atoms with Gasteiger partial charge in [-0.3, -0.25) is 4.98 Å². The van der Waals surface area contributed by atoms with Crippen LogP contribution in [0.2, 0.25) is 0 Å². The second-order valence-electron chi connectivity index (χ2n) is 11.4. The van der Waals surface area contributed by atoms with E-state index in [9.17, 15) is 0 Å². The van der Waals surface area contributed by atoms with Crippen LogP contribution in [-0.4, -0.2) is 19.5 Å². The molecule has 0 aliphatic carbocycles. The number of para-hydroxylation sites is 3. The van der Waals surface area contributed by atoms with E-state index in [1.165, 1.54) is 10.9 Å². The number of benzene rings is 4. The van der Waals surface area contributed by atoms with Gasteiger partial charge in [0.15, 0.2) is 0 Å². The fourth-order valence-electron chi connectivity index (χ4n) is 6.33. The predicted molar refractivity (Wildman–Crippen MR) is 176 cm³/mol. The molecule has 4 aromatic carbocycles. The average molecular weight is 763 g/mol.